The summed E-state index contributed by atoms with van der Waals surface area (Å²) in [4.78, 5) is 12.5. The number of rotatable bonds is 4. The first kappa shape index (κ1) is 15.2. The Morgan fingerprint density at radius 3 is 2.70 bits per heavy atom. The monoisotopic (exact) mass is 324 g/mol. The molecule has 1 aromatic carbocycles. The number of nitrogens with one attached hydrogen (secondary N) is 1. The molecule has 5 nitrogen and oxygen atoms in total. The van der Waals surface area contributed by atoms with Crippen LogP contribution in [0.15, 0.2) is 52.9 Å². The van der Waals surface area contributed by atoms with Crippen LogP contribution in [0, 0.1) is 13.8 Å². The highest BCUT2D eigenvalue weighted by Crippen LogP contribution is 2.16. The highest BCUT2D eigenvalue weighted by atomic mass is 32.1. The van der Waals surface area contributed by atoms with Crippen LogP contribution in [0.25, 0.3) is 5.69 Å². The molecule has 0 radical (unpaired) electrons. The summed E-state index contributed by atoms with van der Waals surface area (Å²) in [5.74, 6) is -0.206. The molecule has 6 heteroatoms. The third-order valence-electron chi connectivity index (χ3n) is 3.45. The minimum absolute atomic E-state index is 0.206. The molecule has 0 aliphatic carbocycles. The van der Waals surface area contributed by atoms with Gasteiger partial charge in [0, 0.05) is 5.56 Å². The number of thiophene rings is 1. The zero-order valence-electron chi connectivity index (χ0n) is 12.9. The first-order valence-electron chi connectivity index (χ1n) is 7.15. The van der Waals surface area contributed by atoms with Crippen molar-refractivity contribution in [3.63, 3.8) is 0 Å². The summed E-state index contributed by atoms with van der Waals surface area (Å²) in [6, 6.07) is 13.5. The molecule has 116 valence electrons. The summed E-state index contributed by atoms with van der Waals surface area (Å²) in [7, 11) is 0. The highest BCUT2D eigenvalue weighted by Gasteiger charge is 2.11. The molecule has 0 atom stereocenters. The van der Waals surface area contributed by atoms with Crippen molar-refractivity contribution in [1.82, 2.24) is 15.2 Å². The van der Waals surface area contributed by atoms with E-state index in [1.165, 1.54) is 11.3 Å². The van der Waals surface area contributed by atoms with Crippen molar-refractivity contribution in [3.05, 3.63) is 69.7 Å². The van der Waals surface area contributed by atoms with E-state index in [0.29, 0.717) is 4.88 Å². The molecule has 0 bridgehead atoms. The quantitative estimate of drug-likeness (QED) is 0.591. The molecule has 0 unspecified atom stereocenters. The standard InChI is InChI=1S/C17H16N4OS/c1-12-15(11-18-19-17(22)16-9-6-10-23-16)13(2)21(20-12)14-7-4-3-5-8-14/h3-11H,1-2H3,(H,19,22)/b18-11-. The van der Waals surface area contributed by atoms with Gasteiger partial charge in [-0.2, -0.15) is 10.2 Å². The smallest absolute Gasteiger partial charge is 0.266 e. The van der Waals surface area contributed by atoms with Gasteiger partial charge in [-0.1, -0.05) is 24.3 Å². The zero-order valence-corrected chi connectivity index (χ0v) is 13.7. The first-order valence-corrected chi connectivity index (χ1v) is 8.03. The van der Waals surface area contributed by atoms with E-state index in [2.05, 4.69) is 15.6 Å². The Morgan fingerprint density at radius 2 is 2.00 bits per heavy atom. The number of nitrogens with zero attached hydrogens (tertiary/aromatic N) is 3. The molecule has 0 aliphatic rings. The molecule has 0 spiro atoms. The van der Waals surface area contributed by atoms with Crippen LogP contribution >= 0.6 is 11.3 Å². The molecular formula is C17H16N4OS. The first-order chi connectivity index (χ1) is 11.2. The topological polar surface area (TPSA) is 59.3 Å². The Morgan fingerprint density at radius 1 is 1.22 bits per heavy atom. The van der Waals surface area contributed by atoms with Crippen LogP contribution in [0.5, 0.6) is 0 Å². The van der Waals surface area contributed by atoms with Crippen molar-refractivity contribution in [3.8, 4) is 5.69 Å². The molecule has 2 heterocycles. The zero-order chi connectivity index (χ0) is 16.2. The normalized spacial score (nSPS) is 11.0. The molecule has 2 aromatic heterocycles. The minimum Gasteiger partial charge on any atom is -0.266 e. The Hall–Kier alpha value is -2.73. The minimum atomic E-state index is -0.206. The summed E-state index contributed by atoms with van der Waals surface area (Å²) in [6.45, 7) is 3.91. The number of carbonyl (C=O) groups is 1. The number of para-hydroxylation sites is 1. The van der Waals surface area contributed by atoms with E-state index < -0.39 is 0 Å². The van der Waals surface area contributed by atoms with E-state index in [1.807, 2.05) is 60.3 Å². The van der Waals surface area contributed by atoms with Gasteiger partial charge in [-0.05, 0) is 37.4 Å². The Balaban J connectivity index is 1.80. The van der Waals surface area contributed by atoms with Crippen LogP contribution in [0.4, 0.5) is 0 Å². The lowest BCUT2D eigenvalue weighted by molar-refractivity contribution is 0.0959. The summed E-state index contributed by atoms with van der Waals surface area (Å²) in [6.07, 6.45) is 1.64. The second-order valence-corrected chi connectivity index (χ2v) is 5.96. The van der Waals surface area contributed by atoms with Gasteiger partial charge in [0.25, 0.3) is 5.91 Å². The number of benzene rings is 1. The van der Waals surface area contributed by atoms with Gasteiger partial charge in [-0.3, -0.25) is 4.79 Å². The maximum Gasteiger partial charge on any atom is 0.281 e. The lowest BCUT2D eigenvalue weighted by Crippen LogP contribution is -2.16. The predicted octanol–water partition coefficient (Wildman–Crippen LogP) is 3.31. The van der Waals surface area contributed by atoms with Gasteiger partial charge in [-0.15, -0.1) is 11.3 Å². The van der Waals surface area contributed by atoms with E-state index in [-0.39, 0.29) is 5.91 Å². The van der Waals surface area contributed by atoms with Gasteiger partial charge < -0.3 is 0 Å². The third kappa shape index (κ3) is 3.22. The largest absolute Gasteiger partial charge is 0.281 e. The summed E-state index contributed by atoms with van der Waals surface area (Å²) < 4.78 is 1.87. The van der Waals surface area contributed by atoms with Gasteiger partial charge in [0.15, 0.2) is 0 Å². The molecule has 0 saturated carbocycles. The lowest BCUT2D eigenvalue weighted by Gasteiger charge is -2.03. The summed E-state index contributed by atoms with van der Waals surface area (Å²) in [5, 5.41) is 10.5. The molecule has 1 N–H and O–H groups in total. The van der Waals surface area contributed by atoms with Gasteiger partial charge >= 0.3 is 0 Å². The molecule has 1 amide bonds. The summed E-state index contributed by atoms with van der Waals surface area (Å²) in [5.41, 5.74) is 6.28. The number of aromatic nitrogens is 2. The van der Waals surface area contributed by atoms with Crippen LogP contribution in [-0.2, 0) is 0 Å². The fourth-order valence-electron chi connectivity index (χ4n) is 2.28. The van der Waals surface area contributed by atoms with Crippen LogP contribution in [0.2, 0.25) is 0 Å². The highest BCUT2D eigenvalue weighted by molar-refractivity contribution is 7.12. The Bertz CT molecular complexity index is 835. The maximum absolute atomic E-state index is 11.9. The fraction of sp³-hybridized carbons (Fsp3) is 0.118. The van der Waals surface area contributed by atoms with Crippen LogP contribution in [-0.4, -0.2) is 21.9 Å². The third-order valence-corrected chi connectivity index (χ3v) is 4.32. The second kappa shape index (κ2) is 6.58. The SMILES string of the molecule is Cc1nn(-c2ccccc2)c(C)c1/C=N\NC(=O)c1cccs1. The molecule has 0 aliphatic heterocycles. The number of carbonyl (C=O) groups excluding carboxylic acids is 1. The Kier molecular flexibility index (Phi) is 4.34. The molecule has 3 rings (SSSR count). The van der Waals surface area contributed by atoms with E-state index >= 15 is 0 Å². The predicted molar refractivity (Wildman–Crippen MR) is 92.4 cm³/mol. The average Bonchev–Trinajstić information content (AvgIpc) is 3.19. The van der Waals surface area contributed by atoms with E-state index in [4.69, 9.17) is 0 Å². The maximum atomic E-state index is 11.9. The number of amides is 1. The van der Waals surface area contributed by atoms with Gasteiger partial charge in [-0.25, -0.2) is 10.1 Å². The number of hydrazone groups is 1. The van der Waals surface area contributed by atoms with Crippen LogP contribution in [0.1, 0.15) is 26.6 Å². The molecular weight excluding hydrogens is 308 g/mol. The van der Waals surface area contributed by atoms with E-state index in [9.17, 15) is 4.79 Å². The van der Waals surface area contributed by atoms with Gasteiger partial charge in [0.05, 0.1) is 28.2 Å². The van der Waals surface area contributed by atoms with Gasteiger partial charge in [0.1, 0.15) is 0 Å². The summed E-state index contributed by atoms with van der Waals surface area (Å²) >= 11 is 1.38. The Labute approximate surface area is 138 Å². The van der Waals surface area contributed by atoms with Crippen LogP contribution < -0.4 is 5.43 Å². The van der Waals surface area contributed by atoms with Crippen molar-refractivity contribution in [2.45, 2.75) is 13.8 Å². The van der Waals surface area contributed by atoms with Crippen molar-refractivity contribution in [1.29, 1.82) is 0 Å². The number of hydrogen-bond acceptors (Lipinski definition) is 4. The molecule has 0 fully saturated rings. The molecule has 0 saturated heterocycles. The molecule has 23 heavy (non-hydrogen) atoms. The average molecular weight is 324 g/mol. The van der Waals surface area contributed by atoms with Crippen molar-refractivity contribution < 1.29 is 4.79 Å². The van der Waals surface area contributed by atoms with Crippen molar-refractivity contribution in [2.24, 2.45) is 5.10 Å². The van der Waals surface area contributed by atoms with Crippen molar-refractivity contribution >= 4 is 23.5 Å². The van der Waals surface area contributed by atoms with Crippen molar-refractivity contribution in [2.75, 3.05) is 0 Å². The lowest BCUT2D eigenvalue weighted by atomic mass is 10.2. The number of aryl methyl sites for hydroxylation is 1. The fourth-order valence-corrected chi connectivity index (χ4v) is 2.89. The number of hydrogen-bond donors (Lipinski definition) is 1. The van der Waals surface area contributed by atoms with Crippen LogP contribution in [0.3, 0.4) is 0 Å². The van der Waals surface area contributed by atoms with E-state index in [0.717, 1.165) is 22.6 Å². The molecule has 3 aromatic rings. The second-order valence-electron chi connectivity index (χ2n) is 5.01. The van der Waals surface area contributed by atoms with Gasteiger partial charge in [0.2, 0.25) is 0 Å². The van der Waals surface area contributed by atoms with E-state index in [1.54, 1.807) is 12.3 Å².